The number of nitrogens with one attached hydrogen (secondary N) is 2. The van der Waals surface area contributed by atoms with Crippen molar-refractivity contribution in [2.75, 3.05) is 10.6 Å². The molecule has 6 nitrogen and oxygen atoms in total. The largest absolute Gasteiger partial charge is 0.326 e. The summed E-state index contributed by atoms with van der Waals surface area (Å²) in [5.41, 5.74) is 1.05. The van der Waals surface area contributed by atoms with Crippen molar-refractivity contribution in [3.63, 3.8) is 0 Å². The van der Waals surface area contributed by atoms with Crippen molar-refractivity contribution >= 4 is 34.0 Å². The van der Waals surface area contributed by atoms with Crippen LogP contribution < -0.4 is 10.6 Å². The van der Waals surface area contributed by atoms with Gasteiger partial charge in [0.05, 0.1) is 0 Å². The van der Waals surface area contributed by atoms with Gasteiger partial charge in [0.2, 0.25) is 11.0 Å². The van der Waals surface area contributed by atoms with Gasteiger partial charge in [0.1, 0.15) is 5.01 Å². The minimum absolute atomic E-state index is 0.0942. The van der Waals surface area contributed by atoms with Crippen molar-refractivity contribution in [1.29, 1.82) is 0 Å². The molecule has 1 heterocycles. The number of amides is 2. The maximum Gasteiger partial charge on any atom is 0.257 e. The molecule has 0 radical (unpaired) electrons. The van der Waals surface area contributed by atoms with Crippen LogP contribution in [0.15, 0.2) is 24.3 Å². The highest BCUT2D eigenvalue weighted by Gasteiger charge is 2.12. The van der Waals surface area contributed by atoms with Crippen molar-refractivity contribution in [2.24, 2.45) is 0 Å². The van der Waals surface area contributed by atoms with Gasteiger partial charge in [-0.2, -0.15) is 0 Å². The van der Waals surface area contributed by atoms with Gasteiger partial charge in [-0.1, -0.05) is 38.2 Å². The van der Waals surface area contributed by atoms with Gasteiger partial charge < -0.3 is 5.32 Å². The minimum Gasteiger partial charge on any atom is -0.326 e. The van der Waals surface area contributed by atoms with Crippen LogP contribution in [-0.4, -0.2) is 22.0 Å². The van der Waals surface area contributed by atoms with Gasteiger partial charge in [-0.25, -0.2) is 0 Å². The smallest absolute Gasteiger partial charge is 0.257 e. The molecule has 7 heteroatoms. The normalized spacial score (nSPS) is 10.5. The fraction of sp³-hybridized carbons (Fsp3) is 0.333. The quantitative estimate of drug-likeness (QED) is 0.886. The molecule has 0 saturated carbocycles. The summed E-state index contributed by atoms with van der Waals surface area (Å²) in [7, 11) is 0. The molecule has 2 amide bonds. The van der Waals surface area contributed by atoms with E-state index in [0.717, 1.165) is 5.01 Å². The van der Waals surface area contributed by atoms with E-state index in [0.29, 0.717) is 22.8 Å². The van der Waals surface area contributed by atoms with Gasteiger partial charge >= 0.3 is 0 Å². The first-order valence-corrected chi connectivity index (χ1v) is 7.86. The Morgan fingerprint density at radius 3 is 2.64 bits per heavy atom. The minimum atomic E-state index is -0.279. The van der Waals surface area contributed by atoms with E-state index in [1.54, 1.807) is 31.2 Å². The summed E-state index contributed by atoms with van der Waals surface area (Å²) in [6.07, 6.45) is 0.388. The van der Waals surface area contributed by atoms with Crippen molar-refractivity contribution in [1.82, 2.24) is 10.2 Å². The Morgan fingerprint density at radius 2 is 2.00 bits per heavy atom. The van der Waals surface area contributed by atoms with E-state index < -0.39 is 0 Å². The van der Waals surface area contributed by atoms with Crippen LogP contribution in [0.3, 0.4) is 0 Å². The van der Waals surface area contributed by atoms with Crippen LogP contribution in [0.2, 0.25) is 0 Å². The van der Waals surface area contributed by atoms with Crippen molar-refractivity contribution in [3.05, 3.63) is 34.8 Å². The number of aromatic nitrogens is 2. The predicted molar refractivity (Wildman–Crippen MR) is 87.3 cm³/mol. The Balaban J connectivity index is 2.08. The van der Waals surface area contributed by atoms with Gasteiger partial charge in [-0.05, 0) is 18.2 Å². The lowest BCUT2D eigenvalue weighted by Gasteiger charge is -2.06. The first-order valence-electron chi connectivity index (χ1n) is 7.04. The fourth-order valence-electron chi connectivity index (χ4n) is 1.68. The van der Waals surface area contributed by atoms with Gasteiger partial charge in [0.25, 0.3) is 5.91 Å². The number of carbonyl (C=O) groups is 2. The first-order chi connectivity index (χ1) is 10.5. The third-order valence-electron chi connectivity index (χ3n) is 2.88. The molecule has 0 aliphatic heterocycles. The summed E-state index contributed by atoms with van der Waals surface area (Å²) >= 11 is 1.36. The molecule has 2 rings (SSSR count). The molecule has 0 fully saturated rings. The average molecular weight is 318 g/mol. The lowest BCUT2D eigenvalue weighted by molar-refractivity contribution is -0.115. The molecule has 1 aromatic heterocycles. The molecule has 0 aliphatic rings. The van der Waals surface area contributed by atoms with E-state index in [1.165, 1.54) is 11.3 Å². The fourth-order valence-corrected chi connectivity index (χ4v) is 2.42. The number of benzene rings is 1. The summed E-state index contributed by atoms with van der Waals surface area (Å²) in [6.45, 7) is 5.81. The Bertz CT molecular complexity index is 682. The van der Waals surface area contributed by atoms with E-state index in [1.807, 2.05) is 13.8 Å². The second kappa shape index (κ2) is 7.13. The van der Waals surface area contributed by atoms with E-state index >= 15 is 0 Å². The van der Waals surface area contributed by atoms with Gasteiger partial charge in [-0.3, -0.25) is 14.9 Å². The molecule has 0 atom stereocenters. The standard InChI is InChI=1S/C15H18N4O2S/c1-4-12(20)16-11-7-5-6-10(8-11)13(21)17-15-19-18-14(22-15)9(2)3/h5-9H,4H2,1-3H3,(H,16,20)(H,17,19,21). The monoisotopic (exact) mass is 318 g/mol. The highest BCUT2D eigenvalue weighted by molar-refractivity contribution is 7.15. The van der Waals surface area contributed by atoms with Crippen LogP contribution in [0.5, 0.6) is 0 Å². The van der Waals surface area contributed by atoms with Crippen LogP contribution in [0.1, 0.15) is 48.5 Å². The van der Waals surface area contributed by atoms with Crippen molar-refractivity contribution < 1.29 is 9.59 Å². The number of anilines is 2. The molecule has 22 heavy (non-hydrogen) atoms. The highest BCUT2D eigenvalue weighted by atomic mass is 32.1. The number of nitrogens with zero attached hydrogens (tertiary/aromatic N) is 2. The number of hydrogen-bond acceptors (Lipinski definition) is 5. The topological polar surface area (TPSA) is 84.0 Å². The number of carbonyl (C=O) groups excluding carboxylic acids is 2. The van der Waals surface area contributed by atoms with Gasteiger partial charge in [0, 0.05) is 23.6 Å². The van der Waals surface area contributed by atoms with E-state index in [2.05, 4.69) is 20.8 Å². The van der Waals surface area contributed by atoms with Crippen LogP contribution in [0, 0.1) is 0 Å². The van der Waals surface area contributed by atoms with E-state index in [9.17, 15) is 9.59 Å². The van der Waals surface area contributed by atoms with Crippen LogP contribution >= 0.6 is 11.3 Å². The molecule has 0 spiro atoms. The maximum absolute atomic E-state index is 12.2. The SMILES string of the molecule is CCC(=O)Nc1cccc(C(=O)Nc2nnc(C(C)C)s2)c1. The van der Waals surface area contributed by atoms with Gasteiger partial charge in [-0.15, -0.1) is 10.2 Å². The van der Waals surface area contributed by atoms with Crippen molar-refractivity contribution in [2.45, 2.75) is 33.1 Å². The highest BCUT2D eigenvalue weighted by Crippen LogP contribution is 2.23. The predicted octanol–water partition coefficient (Wildman–Crippen LogP) is 3.26. The zero-order chi connectivity index (χ0) is 16.1. The molecular formula is C15H18N4O2S. The molecule has 1 aromatic carbocycles. The summed E-state index contributed by atoms with van der Waals surface area (Å²) in [4.78, 5) is 23.6. The molecule has 0 unspecified atom stereocenters. The zero-order valence-corrected chi connectivity index (χ0v) is 13.5. The average Bonchev–Trinajstić information content (AvgIpc) is 2.96. The summed E-state index contributed by atoms with van der Waals surface area (Å²) in [5.74, 6) is -0.0990. The third kappa shape index (κ3) is 4.11. The second-order valence-electron chi connectivity index (χ2n) is 5.04. The van der Waals surface area contributed by atoms with Gasteiger partial charge in [0.15, 0.2) is 0 Å². The Hall–Kier alpha value is -2.28. The third-order valence-corrected chi connectivity index (χ3v) is 4.02. The Morgan fingerprint density at radius 1 is 1.23 bits per heavy atom. The summed E-state index contributed by atoms with van der Waals surface area (Å²) < 4.78 is 0. The molecule has 0 bridgehead atoms. The first kappa shape index (κ1) is 16.1. The van der Waals surface area contributed by atoms with E-state index in [-0.39, 0.29) is 17.7 Å². The Kier molecular flexibility index (Phi) is 5.21. The van der Waals surface area contributed by atoms with Crippen molar-refractivity contribution in [3.8, 4) is 0 Å². The Labute approximate surface area is 133 Å². The summed E-state index contributed by atoms with van der Waals surface area (Å²) in [6, 6.07) is 6.78. The molecule has 2 aromatic rings. The summed E-state index contributed by atoms with van der Waals surface area (Å²) in [5, 5.41) is 14.8. The van der Waals surface area contributed by atoms with Crippen LogP contribution in [0.25, 0.3) is 0 Å². The molecular weight excluding hydrogens is 300 g/mol. The number of rotatable bonds is 5. The van der Waals surface area contributed by atoms with Crippen LogP contribution in [-0.2, 0) is 4.79 Å². The van der Waals surface area contributed by atoms with E-state index in [4.69, 9.17) is 0 Å². The second-order valence-corrected chi connectivity index (χ2v) is 6.05. The molecule has 0 saturated heterocycles. The lowest BCUT2D eigenvalue weighted by atomic mass is 10.2. The number of hydrogen-bond donors (Lipinski definition) is 2. The zero-order valence-electron chi connectivity index (χ0n) is 12.7. The maximum atomic E-state index is 12.2. The molecule has 0 aliphatic carbocycles. The molecule has 2 N–H and O–H groups in total. The lowest BCUT2D eigenvalue weighted by Crippen LogP contribution is -2.13. The molecule has 116 valence electrons. The van der Waals surface area contributed by atoms with Crippen LogP contribution in [0.4, 0.5) is 10.8 Å².